The number of hydrogen-bond donors (Lipinski definition) is 0. The van der Waals surface area contributed by atoms with Gasteiger partial charge in [0.25, 0.3) is 0 Å². The third-order valence-electron chi connectivity index (χ3n) is 8.23. The predicted molar refractivity (Wildman–Crippen MR) is 150 cm³/mol. The number of fused-ring (bicyclic) bond motifs is 3. The van der Waals surface area contributed by atoms with Crippen LogP contribution in [0.5, 0.6) is 0 Å². The summed E-state index contributed by atoms with van der Waals surface area (Å²) in [5, 5.41) is 8.84. The van der Waals surface area contributed by atoms with Crippen LogP contribution >= 0.6 is 0 Å². The van der Waals surface area contributed by atoms with E-state index < -0.39 is 0 Å². The average Bonchev–Trinajstić information content (AvgIpc) is 3.41. The quantitative estimate of drug-likeness (QED) is 0.173. The zero-order valence-corrected chi connectivity index (χ0v) is 23.0. The van der Waals surface area contributed by atoms with Gasteiger partial charge >= 0.3 is 0 Å². The first-order chi connectivity index (χ1) is 17.9. The molecule has 3 heterocycles. The number of aromatic nitrogens is 3. The summed E-state index contributed by atoms with van der Waals surface area (Å²) in [6.07, 6.45) is 9.55. The van der Waals surface area contributed by atoms with Crippen molar-refractivity contribution < 1.29 is 8.98 Å². The Morgan fingerprint density at radius 2 is 1.59 bits per heavy atom. The Balaban J connectivity index is 1.42. The molecular formula is C33H40N3O+. The molecular weight excluding hydrogens is 454 g/mol. The van der Waals surface area contributed by atoms with Gasteiger partial charge in [-0.1, -0.05) is 71.6 Å². The zero-order chi connectivity index (χ0) is 26.0. The third kappa shape index (κ3) is 4.99. The van der Waals surface area contributed by atoms with Gasteiger partial charge in [0.05, 0.1) is 5.56 Å². The lowest BCUT2D eigenvalue weighted by molar-refractivity contribution is -0.714. The largest absolute Gasteiger partial charge is 0.416 e. The molecule has 2 aromatic heterocycles. The Morgan fingerprint density at radius 3 is 2.32 bits per heavy atom. The van der Waals surface area contributed by atoms with E-state index in [0.717, 1.165) is 11.1 Å². The molecule has 2 aromatic carbocycles. The summed E-state index contributed by atoms with van der Waals surface area (Å²) in [7, 11) is 0. The van der Waals surface area contributed by atoms with Crippen molar-refractivity contribution in [3.05, 3.63) is 78.0 Å². The standard InChI is InChI=1S/C33H40N3O/c1-6-8-10-20-33(4,5)26-17-14-24(15-18-26)31-34-35-32(37-31)25-16-19-28-27(12-7-2)23(3)36-21-11-9-13-30(36)29(28)22-25/h9,11,13-19,21-23,27H,6-8,10,12,20H2,1-5H3/q+1. The molecule has 2 atom stereocenters. The molecule has 0 spiro atoms. The first-order valence-electron chi connectivity index (χ1n) is 14.0. The lowest BCUT2D eigenvalue weighted by atomic mass is 9.80. The summed E-state index contributed by atoms with van der Waals surface area (Å²) in [6, 6.07) is 22.2. The Bertz CT molecular complexity index is 1350. The molecule has 37 heavy (non-hydrogen) atoms. The number of rotatable bonds is 9. The molecule has 192 valence electrons. The maximum absolute atomic E-state index is 6.21. The van der Waals surface area contributed by atoms with Crippen LogP contribution in [0.3, 0.4) is 0 Å². The predicted octanol–water partition coefficient (Wildman–Crippen LogP) is 8.67. The second-order valence-electron chi connectivity index (χ2n) is 11.3. The molecule has 0 radical (unpaired) electrons. The van der Waals surface area contributed by atoms with E-state index in [1.165, 1.54) is 60.9 Å². The number of nitrogens with zero attached hydrogens (tertiary/aromatic N) is 3. The van der Waals surface area contributed by atoms with Crippen LogP contribution in [0.4, 0.5) is 0 Å². The van der Waals surface area contributed by atoms with Crippen molar-refractivity contribution in [1.29, 1.82) is 0 Å². The summed E-state index contributed by atoms with van der Waals surface area (Å²) >= 11 is 0. The zero-order valence-electron chi connectivity index (χ0n) is 23.0. The number of unbranched alkanes of at least 4 members (excludes halogenated alkanes) is 2. The Morgan fingerprint density at radius 1 is 0.865 bits per heavy atom. The summed E-state index contributed by atoms with van der Waals surface area (Å²) in [5.74, 6) is 1.63. The van der Waals surface area contributed by atoms with Gasteiger partial charge in [-0.15, -0.1) is 10.2 Å². The van der Waals surface area contributed by atoms with Crippen LogP contribution in [0, 0.1) is 0 Å². The van der Waals surface area contributed by atoms with Gasteiger partial charge in [-0.25, -0.2) is 0 Å². The molecule has 1 aliphatic heterocycles. The van der Waals surface area contributed by atoms with Gasteiger partial charge in [0.15, 0.2) is 12.2 Å². The highest BCUT2D eigenvalue weighted by Crippen LogP contribution is 2.42. The minimum absolute atomic E-state index is 0.165. The molecule has 2 unspecified atom stereocenters. The number of hydrogen-bond acceptors (Lipinski definition) is 3. The van der Waals surface area contributed by atoms with Crippen molar-refractivity contribution in [2.24, 2.45) is 0 Å². The Labute approximate surface area is 221 Å². The van der Waals surface area contributed by atoms with E-state index in [-0.39, 0.29) is 5.41 Å². The van der Waals surface area contributed by atoms with E-state index in [0.29, 0.717) is 23.7 Å². The molecule has 0 fully saturated rings. The molecule has 0 aliphatic carbocycles. The minimum Gasteiger partial charge on any atom is -0.416 e. The van der Waals surface area contributed by atoms with Crippen molar-refractivity contribution in [1.82, 2.24) is 10.2 Å². The molecule has 0 N–H and O–H groups in total. The summed E-state index contributed by atoms with van der Waals surface area (Å²) in [4.78, 5) is 0. The van der Waals surface area contributed by atoms with Crippen molar-refractivity contribution in [2.75, 3.05) is 0 Å². The molecule has 4 nitrogen and oxygen atoms in total. The van der Waals surface area contributed by atoms with Crippen molar-refractivity contribution in [3.63, 3.8) is 0 Å². The fourth-order valence-corrected chi connectivity index (χ4v) is 5.92. The number of benzene rings is 2. The fraction of sp³-hybridized carbons (Fsp3) is 0.424. The van der Waals surface area contributed by atoms with E-state index in [1.54, 1.807) is 0 Å². The maximum Gasteiger partial charge on any atom is 0.248 e. The van der Waals surface area contributed by atoms with Crippen molar-refractivity contribution in [2.45, 2.75) is 90.5 Å². The highest BCUT2D eigenvalue weighted by atomic mass is 16.4. The number of pyridine rings is 1. The van der Waals surface area contributed by atoms with E-state index in [2.05, 4.69) is 116 Å². The molecule has 4 aromatic rings. The highest BCUT2D eigenvalue weighted by molar-refractivity contribution is 5.71. The van der Waals surface area contributed by atoms with Crippen LogP contribution in [0.1, 0.15) is 96.2 Å². The van der Waals surface area contributed by atoms with E-state index in [9.17, 15) is 0 Å². The summed E-state index contributed by atoms with van der Waals surface area (Å²) in [5.41, 5.74) is 7.38. The molecule has 1 aliphatic rings. The van der Waals surface area contributed by atoms with E-state index >= 15 is 0 Å². The van der Waals surface area contributed by atoms with Gasteiger partial charge in [-0.05, 0) is 66.6 Å². The van der Waals surface area contributed by atoms with Gasteiger partial charge < -0.3 is 4.42 Å². The van der Waals surface area contributed by atoms with Gasteiger partial charge in [0, 0.05) is 29.2 Å². The fourth-order valence-electron chi connectivity index (χ4n) is 5.92. The first kappa shape index (κ1) is 25.4. The average molecular weight is 495 g/mol. The van der Waals surface area contributed by atoms with Gasteiger partial charge in [-0.3, -0.25) is 0 Å². The van der Waals surface area contributed by atoms with Crippen molar-refractivity contribution >= 4 is 0 Å². The second-order valence-corrected chi connectivity index (χ2v) is 11.3. The lowest BCUT2D eigenvalue weighted by Gasteiger charge is -2.28. The van der Waals surface area contributed by atoms with Crippen LogP contribution in [0.25, 0.3) is 34.2 Å². The van der Waals surface area contributed by atoms with Crippen LogP contribution < -0.4 is 4.57 Å². The monoisotopic (exact) mass is 494 g/mol. The summed E-state index contributed by atoms with van der Waals surface area (Å²) in [6.45, 7) is 11.5. The van der Waals surface area contributed by atoms with Gasteiger partial charge in [-0.2, -0.15) is 4.57 Å². The van der Waals surface area contributed by atoms with Gasteiger partial charge in [0.2, 0.25) is 17.5 Å². The Hall–Kier alpha value is -3.27. The molecule has 0 amide bonds. The maximum atomic E-state index is 6.21. The lowest BCUT2D eigenvalue weighted by Crippen LogP contribution is -2.45. The van der Waals surface area contributed by atoms with E-state index in [4.69, 9.17) is 4.42 Å². The first-order valence-corrected chi connectivity index (χ1v) is 14.0. The molecule has 4 heteroatoms. The second kappa shape index (κ2) is 10.6. The molecule has 0 saturated carbocycles. The van der Waals surface area contributed by atoms with E-state index in [1.807, 2.05) is 0 Å². The van der Waals surface area contributed by atoms with Crippen LogP contribution in [0.15, 0.2) is 71.3 Å². The van der Waals surface area contributed by atoms with Gasteiger partial charge in [0.1, 0.15) is 0 Å². The van der Waals surface area contributed by atoms with Crippen LogP contribution in [0.2, 0.25) is 0 Å². The summed E-state index contributed by atoms with van der Waals surface area (Å²) < 4.78 is 8.62. The highest BCUT2D eigenvalue weighted by Gasteiger charge is 2.36. The third-order valence-corrected chi connectivity index (χ3v) is 8.23. The minimum atomic E-state index is 0.165. The smallest absolute Gasteiger partial charge is 0.248 e. The van der Waals surface area contributed by atoms with Crippen LogP contribution in [-0.4, -0.2) is 10.2 Å². The molecule has 5 rings (SSSR count). The van der Waals surface area contributed by atoms with Crippen molar-refractivity contribution in [3.8, 4) is 34.2 Å². The Kier molecular flexibility index (Phi) is 7.28. The van der Waals surface area contributed by atoms with Crippen LogP contribution in [-0.2, 0) is 5.41 Å². The molecule has 0 saturated heterocycles. The molecule has 0 bridgehead atoms. The normalized spacial score (nSPS) is 16.9. The SMILES string of the molecule is CCCCCC(C)(C)c1ccc(-c2nnc(-c3ccc4c(c3)-c3cccc[n+]3C(C)C4CCC)o2)cc1. The topological polar surface area (TPSA) is 42.8 Å².